The van der Waals surface area contributed by atoms with Gasteiger partial charge in [0.2, 0.25) is 0 Å². The van der Waals surface area contributed by atoms with Crippen LogP contribution in [0.3, 0.4) is 0 Å². The predicted molar refractivity (Wildman–Crippen MR) is 175 cm³/mol. The quantitative estimate of drug-likeness (QED) is 0.0687. The van der Waals surface area contributed by atoms with Crippen molar-refractivity contribution < 1.29 is 66.4 Å². The SMILES string of the molecule is CCCCCCC(=O)OCCOCCOCCOCCOCCOCCOCCOCCOCCOCCOCCOCCOCC. The van der Waals surface area contributed by atoms with Crippen molar-refractivity contribution >= 4 is 5.97 Å². The van der Waals surface area contributed by atoms with Gasteiger partial charge in [-0.1, -0.05) is 26.2 Å². The van der Waals surface area contributed by atoms with E-state index in [0.717, 1.165) is 25.7 Å². The van der Waals surface area contributed by atoms with Crippen molar-refractivity contribution in [2.75, 3.05) is 165 Å². The predicted octanol–water partition coefficient (Wildman–Crippen LogP) is 2.72. The molecule has 0 saturated heterocycles. The summed E-state index contributed by atoms with van der Waals surface area (Å²) in [4.78, 5) is 11.5. The van der Waals surface area contributed by atoms with Crippen molar-refractivity contribution in [1.82, 2.24) is 0 Å². The number of carbonyl (C=O) groups is 1. The molecule has 0 bridgehead atoms. The summed E-state index contributed by atoms with van der Waals surface area (Å²) in [6, 6.07) is 0. The van der Waals surface area contributed by atoms with Crippen molar-refractivity contribution in [1.29, 1.82) is 0 Å². The Morgan fingerprint density at radius 2 is 0.574 bits per heavy atom. The number of esters is 1. The summed E-state index contributed by atoms with van der Waals surface area (Å²) in [5.74, 6) is -0.153. The first-order chi connectivity index (χ1) is 23.3. The second kappa shape index (κ2) is 43.0. The summed E-state index contributed by atoms with van der Waals surface area (Å²) in [6.45, 7) is 16.8. The Kier molecular flexibility index (Phi) is 42.1. The molecule has 0 rings (SSSR count). The second-order valence-corrected chi connectivity index (χ2v) is 9.96. The molecule has 0 aromatic carbocycles. The maximum atomic E-state index is 11.5. The summed E-state index contributed by atoms with van der Waals surface area (Å²) in [6.07, 6.45) is 4.76. The van der Waals surface area contributed by atoms with Gasteiger partial charge in [-0.3, -0.25) is 4.79 Å². The van der Waals surface area contributed by atoms with Gasteiger partial charge in [-0.25, -0.2) is 0 Å². The van der Waals surface area contributed by atoms with E-state index in [4.69, 9.17) is 61.6 Å². The van der Waals surface area contributed by atoms with Gasteiger partial charge in [-0.05, 0) is 13.3 Å². The molecule has 0 aromatic rings. The van der Waals surface area contributed by atoms with E-state index in [1.165, 1.54) is 0 Å². The van der Waals surface area contributed by atoms with Crippen molar-refractivity contribution in [3.8, 4) is 0 Å². The maximum absolute atomic E-state index is 11.5. The first-order valence-electron chi connectivity index (χ1n) is 17.4. The fourth-order valence-corrected chi connectivity index (χ4v) is 3.55. The lowest BCUT2D eigenvalue weighted by Crippen LogP contribution is -2.15. The zero-order valence-corrected chi connectivity index (χ0v) is 29.4. The number of rotatable bonds is 42. The number of ether oxygens (including phenoxy) is 13. The third-order valence-electron chi connectivity index (χ3n) is 6.02. The third kappa shape index (κ3) is 43.0. The van der Waals surface area contributed by atoms with Crippen molar-refractivity contribution in [3.05, 3.63) is 0 Å². The van der Waals surface area contributed by atoms with Crippen LogP contribution in [0.2, 0.25) is 0 Å². The minimum atomic E-state index is -0.153. The number of hydrogen-bond donors (Lipinski definition) is 0. The maximum Gasteiger partial charge on any atom is 0.305 e. The summed E-state index contributed by atoms with van der Waals surface area (Å²) < 4.78 is 70.2. The standard InChI is InChI=1S/C33H66O14/c1-3-5-6-7-8-33(34)47-32-31-46-30-29-45-28-27-44-26-25-43-24-23-42-22-21-41-20-19-40-18-17-39-16-15-38-14-13-37-12-11-36-10-9-35-4-2/h3-32H2,1-2H3. The summed E-state index contributed by atoms with van der Waals surface area (Å²) in [7, 11) is 0. The van der Waals surface area contributed by atoms with Crippen molar-refractivity contribution in [2.45, 2.75) is 46.0 Å². The molecule has 0 saturated carbocycles. The van der Waals surface area contributed by atoms with Gasteiger partial charge in [0.15, 0.2) is 0 Å². The van der Waals surface area contributed by atoms with Crippen LogP contribution >= 0.6 is 0 Å². The topological polar surface area (TPSA) is 137 Å². The molecule has 0 aromatic heterocycles. The molecule has 14 heteroatoms. The van der Waals surface area contributed by atoms with E-state index >= 15 is 0 Å². The highest BCUT2D eigenvalue weighted by molar-refractivity contribution is 5.69. The molecule has 282 valence electrons. The minimum absolute atomic E-state index is 0.153. The van der Waals surface area contributed by atoms with Gasteiger partial charge in [0, 0.05) is 13.0 Å². The molecular formula is C33H66O14. The van der Waals surface area contributed by atoms with E-state index in [2.05, 4.69) is 6.92 Å². The Balaban J connectivity index is 3.07. The summed E-state index contributed by atoms with van der Waals surface area (Å²) in [5, 5.41) is 0. The zero-order chi connectivity index (χ0) is 34.0. The molecule has 0 heterocycles. The van der Waals surface area contributed by atoms with Gasteiger partial charge >= 0.3 is 5.97 Å². The molecule has 0 unspecified atom stereocenters. The Labute approximate surface area is 283 Å². The molecule has 0 aliphatic carbocycles. The minimum Gasteiger partial charge on any atom is -0.463 e. The highest BCUT2D eigenvalue weighted by Gasteiger charge is 2.02. The average Bonchev–Trinajstić information content (AvgIpc) is 3.08. The smallest absolute Gasteiger partial charge is 0.305 e. The Morgan fingerprint density at radius 3 is 0.830 bits per heavy atom. The Morgan fingerprint density at radius 1 is 0.319 bits per heavy atom. The van der Waals surface area contributed by atoms with Gasteiger partial charge in [-0.15, -0.1) is 0 Å². The average molecular weight is 687 g/mol. The van der Waals surface area contributed by atoms with Gasteiger partial charge < -0.3 is 61.6 Å². The van der Waals surface area contributed by atoms with E-state index in [1.807, 2.05) is 6.92 Å². The van der Waals surface area contributed by atoms with E-state index in [9.17, 15) is 4.79 Å². The van der Waals surface area contributed by atoms with Gasteiger partial charge in [-0.2, -0.15) is 0 Å². The van der Waals surface area contributed by atoms with Crippen LogP contribution in [0, 0.1) is 0 Å². The van der Waals surface area contributed by atoms with Crippen LogP contribution < -0.4 is 0 Å². The molecule has 14 nitrogen and oxygen atoms in total. The van der Waals surface area contributed by atoms with Crippen LogP contribution in [0.1, 0.15) is 46.0 Å². The van der Waals surface area contributed by atoms with Crippen LogP contribution in [-0.4, -0.2) is 171 Å². The van der Waals surface area contributed by atoms with Gasteiger partial charge in [0.25, 0.3) is 0 Å². The van der Waals surface area contributed by atoms with Gasteiger partial charge in [0.1, 0.15) is 6.61 Å². The summed E-state index contributed by atoms with van der Waals surface area (Å²) in [5.41, 5.74) is 0. The lowest BCUT2D eigenvalue weighted by atomic mass is 10.2. The molecule has 0 aliphatic rings. The molecule has 0 N–H and O–H groups in total. The van der Waals surface area contributed by atoms with E-state index in [-0.39, 0.29) is 12.6 Å². The monoisotopic (exact) mass is 686 g/mol. The van der Waals surface area contributed by atoms with E-state index < -0.39 is 0 Å². The molecule has 0 atom stereocenters. The lowest BCUT2D eigenvalue weighted by molar-refractivity contribution is -0.145. The Hall–Kier alpha value is -1.01. The van der Waals surface area contributed by atoms with Crippen molar-refractivity contribution in [3.63, 3.8) is 0 Å². The third-order valence-corrected chi connectivity index (χ3v) is 6.02. The number of hydrogen-bond acceptors (Lipinski definition) is 14. The zero-order valence-electron chi connectivity index (χ0n) is 29.4. The fourth-order valence-electron chi connectivity index (χ4n) is 3.55. The first kappa shape index (κ1) is 46.0. The van der Waals surface area contributed by atoms with Crippen LogP contribution in [0.4, 0.5) is 0 Å². The molecule has 0 aliphatic heterocycles. The van der Waals surface area contributed by atoms with Crippen LogP contribution in [0.25, 0.3) is 0 Å². The highest BCUT2D eigenvalue weighted by atomic mass is 16.6. The van der Waals surface area contributed by atoms with Crippen LogP contribution in [0.5, 0.6) is 0 Å². The summed E-state index contributed by atoms with van der Waals surface area (Å²) >= 11 is 0. The number of carbonyl (C=O) groups excluding carboxylic acids is 1. The normalized spacial score (nSPS) is 11.4. The van der Waals surface area contributed by atoms with E-state index in [0.29, 0.717) is 165 Å². The lowest BCUT2D eigenvalue weighted by Gasteiger charge is -2.09. The number of unbranched alkanes of at least 4 members (excludes halogenated alkanes) is 3. The van der Waals surface area contributed by atoms with Crippen molar-refractivity contribution in [2.24, 2.45) is 0 Å². The second-order valence-electron chi connectivity index (χ2n) is 9.96. The van der Waals surface area contributed by atoms with Gasteiger partial charge in [0.05, 0.1) is 152 Å². The fraction of sp³-hybridized carbons (Fsp3) is 0.970. The van der Waals surface area contributed by atoms with E-state index in [1.54, 1.807) is 0 Å². The van der Waals surface area contributed by atoms with Crippen LogP contribution in [-0.2, 0) is 66.4 Å². The Bertz CT molecular complexity index is 588. The molecule has 0 fully saturated rings. The first-order valence-corrected chi connectivity index (χ1v) is 17.4. The van der Waals surface area contributed by atoms with Crippen LogP contribution in [0.15, 0.2) is 0 Å². The molecular weight excluding hydrogens is 620 g/mol. The molecule has 0 radical (unpaired) electrons. The molecule has 0 spiro atoms. The molecule has 47 heavy (non-hydrogen) atoms. The molecule has 0 amide bonds. The largest absolute Gasteiger partial charge is 0.463 e. The highest BCUT2D eigenvalue weighted by Crippen LogP contribution is 2.03.